The van der Waals surface area contributed by atoms with Gasteiger partial charge in [0.05, 0.1) is 0 Å². The Hall–Kier alpha value is -2.28. The zero-order valence-corrected chi connectivity index (χ0v) is 11.7. The summed E-state index contributed by atoms with van der Waals surface area (Å²) < 4.78 is 0. The molecule has 0 bridgehead atoms. The van der Waals surface area contributed by atoms with Gasteiger partial charge in [-0.15, -0.1) is 0 Å². The Morgan fingerprint density at radius 1 is 1.45 bits per heavy atom. The predicted molar refractivity (Wildman–Crippen MR) is 79.1 cm³/mol. The van der Waals surface area contributed by atoms with E-state index in [1.54, 1.807) is 0 Å². The van der Waals surface area contributed by atoms with Crippen molar-refractivity contribution in [3.8, 4) is 0 Å². The molecule has 1 atom stereocenters. The van der Waals surface area contributed by atoms with E-state index in [0.717, 1.165) is 5.56 Å². The van der Waals surface area contributed by atoms with Crippen molar-refractivity contribution < 1.29 is 9.59 Å². The molecule has 1 aliphatic rings. The van der Waals surface area contributed by atoms with E-state index in [4.69, 9.17) is 18.0 Å². The third-order valence-electron chi connectivity index (χ3n) is 2.97. The fourth-order valence-corrected chi connectivity index (χ4v) is 2.28. The largest absolute Gasteiger partial charge is 0.385 e. The number of aliphatic imine (C=N–C) groups is 1. The van der Waals surface area contributed by atoms with Gasteiger partial charge in [0.15, 0.2) is 5.54 Å². The van der Waals surface area contributed by atoms with Crippen LogP contribution in [0.15, 0.2) is 35.3 Å². The van der Waals surface area contributed by atoms with Gasteiger partial charge in [0.2, 0.25) is 11.0 Å². The second-order valence-corrected chi connectivity index (χ2v) is 4.89. The molecule has 104 valence electrons. The first-order valence-corrected chi connectivity index (χ1v) is 6.37. The maximum absolute atomic E-state index is 12.3. The number of benzene rings is 1. The van der Waals surface area contributed by atoms with E-state index in [1.807, 2.05) is 30.3 Å². The second kappa shape index (κ2) is 5.38. The van der Waals surface area contributed by atoms with Crippen molar-refractivity contribution in [2.45, 2.75) is 18.9 Å². The molecule has 1 unspecified atom stereocenters. The molecule has 0 spiro atoms. The van der Waals surface area contributed by atoms with Crippen LogP contribution in [-0.4, -0.2) is 28.3 Å². The molecule has 6 nitrogen and oxygen atoms in total. The summed E-state index contributed by atoms with van der Waals surface area (Å²) in [6.07, 6.45) is 0.206. The van der Waals surface area contributed by atoms with Crippen molar-refractivity contribution in [2.75, 3.05) is 0 Å². The topological polar surface area (TPSA) is 96.6 Å². The van der Waals surface area contributed by atoms with Crippen LogP contribution in [0.1, 0.15) is 12.5 Å². The SMILES string of the molecule is CC(=O)NC1(Cc2ccccc2)C(=O)NC(=S)N=C1N. The van der Waals surface area contributed by atoms with Crippen molar-refractivity contribution in [3.05, 3.63) is 35.9 Å². The molecule has 20 heavy (non-hydrogen) atoms. The number of amidine groups is 1. The van der Waals surface area contributed by atoms with Gasteiger partial charge in [0.1, 0.15) is 5.84 Å². The van der Waals surface area contributed by atoms with Crippen molar-refractivity contribution >= 4 is 35.0 Å². The van der Waals surface area contributed by atoms with Crippen molar-refractivity contribution in [1.82, 2.24) is 10.6 Å². The molecule has 4 N–H and O–H groups in total. The molecule has 0 saturated carbocycles. The molecular weight excluding hydrogens is 276 g/mol. The molecule has 1 aromatic rings. The molecule has 0 radical (unpaired) electrons. The van der Waals surface area contributed by atoms with Crippen LogP contribution in [0.4, 0.5) is 0 Å². The summed E-state index contributed by atoms with van der Waals surface area (Å²) >= 11 is 4.83. The van der Waals surface area contributed by atoms with Gasteiger partial charge >= 0.3 is 0 Å². The van der Waals surface area contributed by atoms with Gasteiger partial charge in [-0.3, -0.25) is 14.9 Å². The number of nitrogens with zero attached hydrogens (tertiary/aromatic N) is 1. The third kappa shape index (κ3) is 2.67. The minimum atomic E-state index is -1.41. The average Bonchev–Trinajstić information content (AvgIpc) is 2.36. The number of amides is 2. The van der Waals surface area contributed by atoms with Gasteiger partial charge in [-0.2, -0.15) is 0 Å². The Bertz CT molecular complexity index is 600. The minimum Gasteiger partial charge on any atom is -0.385 e. The highest BCUT2D eigenvalue weighted by atomic mass is 32.1. The van der Waals surface area contributed by atoms with Gasteiger partial charge in [-0.1, -0.05) is 30.3 Å². The Kier molecular flexibility index (Phi) is 3.80. The summed E-state index contributed by atoms with van der Waals surface area (Å²) in [5.74, 6) is -0.860. The van der Waals surface area contributed by atoms with Crippen LogP contribution in [0.3, 0.4) is 0 Å². The zero-order chi connectivity index (χ0) is 14.8. The Morgan fingerprint density at radius 2 is 2.10 bits per heavy atom. The van der Waals surface area contributed by atoms with E-state index in [9.17, 15) is 9.59 Å². The minimum absolute atomic E-state index is 0.00142. The fraction of sp³-hybridized carbons (Fsp3) is 0.231. The molecule has 1 heterocycles. The maximum atomic E-state index is 12.3. The Labute approximate surface area is 121 Å². The first-order chi connectivity index (χ1) is 9.44. The first-order valence-electron chi connectivity index (χ1n) is 5.97. The number of nitrogens with one attached hydrogen (secondary N) is 2. The van der Waals surface area contributed by atoms with Crippen LogP contribution >= 0.6 is 12.2 Å². The van der Waals surface area contributed by atoms with E-state index in [1.165, 1.54) is 6.92 Å². The molecule has 2 rings (SSSR count). The number of thiocarbonyl (C=S) groups is 1. The number of rotatable bonds is 3. The van der Waals surface area contributed by atoms with E-state index in [-0.39, 0.29) is 23.3 Å². The van der Waals surface area contributed by atoms with Crippen LogP contribution < -0.4 is 16.4 Å². The quantitative estimate of drug-likeness (QED) is 0.676. The summed E-state index contributed by atoms with van der Waals surface area (Å²) in [5.41, 5.74) is 5.32. The van der Waals surface area contributed by atoms with Gasteiger partial charge in [-0.05, 0) is 17.8 Å². The van der Waals surface area contributed by atoms with E-state index >= 15 is 0 Å². The summed E-state index contributed by atoms with van der Waals surface area (Å²) in [6.45, 7) is 1.32. The van der Waals surface area contributed by atoms with Gasteiger partial charge < -0.3 is 11.1 Å². The summed E-state index contributed by atoms with van der Waals surface area (Å²) in [5, 5.41) is 5.04. The number of carbonyl (C=O) groups is 2. The normalized spacial score (nSPS) is 21.9. The molecule has 0 saturated heterocycles. The highest BCUT2D eigenvalue weighted by Gasteiger charge is 2.46. The lowest BCUT2D eigenvalue weighted by Crippen LogP contribution is -2.69. The van der Waals surface area contributed by atoms with Crippen LogP contribution in [0, 0.1) is 0 Å². The molecule has 0 aromatic heterocycles. The Balaban J connectivity index is 2.45. The standard InChI is InChI=1S/C13H14N4O2S/c1-8(18)17-13(7-9-5-3-2-4-6-9)10(14)15-12(20)16-11(13)19/h2-6H,7H2,1H3,(H,17,18)(H3,14,15,16,19,20). The number of hydrogen-bond donors (Lipinski definition) is 3. The number of nitrogens with two attached hydrogens (primary N) is 1. The summed E-state index contributed by atoms with van der Waals surface area (Å²) in [4.78, 5) is 27.7. The lowest BCUT2D eigenvalue weighted by Gasteiger charge is -2.35. The van der Waals surface area contributed by atoms with Crippen LogP contribution in [0.2, 0.25) is 0 Å². The molecule has 0 aliphatic carbocycles. The average molecular weight is 290 g/mol. The second-order valence-electron chi connectivity index (χ2n) is 4.51. The van der Waals surface area contributed by atoms with Gasteiger partial charge in [0.25, 0.3) is 5.91 Å². The highest BCUT2D eigenvalue weighted by Crippen LogP contribution is 2.18. The first kappa shape index (κ1) is 14.1. The van der Waals surface area contributed by atoms with Crippen LogP contribution in [0.5, 0.6) is 0 Å². The zero-order valence-electron chi connectivity index (χ0n) is 10.8. The predicted octanol–water partition coefficient (Wildman–Crippen LogP) is -0.124. The molecular formula is C13H14N4O2S. The van der Waals surface area contributed by atoms with Crippen molar-refractivity contribution in [2.24, 2.45) is 10.7 Å². The van der Waals surface area contributed by atoms with E-state index in [0.29, 0.717) is 0 Å². The summed E-state index contributed by atoms with van der Waals surface area (Å²) in [6, 6.07) is 9.24. The lowest BCUT2D eigenvalue weighted by molar-refractivity contribution is -0.129. The van der Waals surface area contributed by atoms with Crippen LogP contribution in [-0.2, 0) is 16.0 Å². The van der Waals surface area contributed by atoms with Gasteiger partial charge in [-0.25, -0.2) is 4.99 Å². The monoisotopic (exact) mass is 290 g/mol. The summed E-state index contributed by atoms with van der Waals surface area (Å²) in [7, 11) is 0. The maximum Gasteiger partial charge on any atom is 0.260 e. The fourth-order valence-electron chi connectivity index (χ4n) is 2.09. The Morgan fingerprint density at radius 3 is 2.65 bits per heavy atom. The third-order valence-corrected chi connectivity index (χ3v) is 3.16. The molecule has 1 aromatic carbocycles. The van der Waals surface area contributed by atoms with Crippen LogP contribution in [0.25, 0.3) is 0 Å². The van der Waals surface area contributed by atoms with Crippen molar-refractivity contribution in [1.29, 1.82) is 0 Å². The number of carbonyl (C=O) groups excluding carboxylic acids is 2. The van der Waals surface area contributed by atoms with E-state index in [2.05, 4.69) is 15.6 Å². The molecule has 2 amide bonds. The molecule has 0 fully saturated rings. The van der Waals surface area contributed by atoms with Gasteiger partial charge in [0, 0.05) is 13.3 Å². The molecule has 1 aliphatic heterocycles. The number of hydrogen-bond acceptors (Lipinski definition) is 4. The smallest absolute Gasteiger partial charge is 0.260 e. The molecule has 7 heteroatoms. The lowest BCUT2D eigenvalue weighted by atomic mass is 9.87. The van der Waals surface area contributed by atoms with Crippen molar-refractivity contribution in [3.63, 3.8) is 0 Å². The van der Waals surface area contributed by atoms with E-state index < -0.39 is 11.4 Å². The highest BCUT2D eigenvalue weighted by molar-refractivity contribution is 7.80.